The molecule has 1 aromatic carbocycles. The summed E-state index contributed by atoms with van der Waals surface area (Å²) in [4.78, 5) is 14.5. The van der Waals surface area contributed by atoms with Gasteiger partial charge in [-0.25, -0.2) is 0 Å². The van der Waals surface area contributed by atoms with Crippen LogP contribution in [0.4, 0.5) is 5.69 Å². The Balaban J connectivity index is 1.99. The van der Waals surface area contributed by atoms with Gasteiger partial charge in [-0.3, -0.25) is 4.79 Å². The van der Waals surface area contributed by atoms with Crippen molar-refractivity contribution in [3.8, 4) is 0 Å². The molecule has 0 saturated carbocycles. The molecule has 1 aliphatic rings. The molecule has 0 aliphatic carbocycles. The number of carbonyl (C=O) groups excluding carboxylic acids is 1. The molecule has 1 fully saturated rings. The number of nitrogens with one attached hydrogen (secondary N) is 1. The molecular formula is C14H17N3OS. The minimum absolute atomic E-state index is 0.268. The normalized spacial score (nSPS) is 15.9. The third-order valence-corrected chi connectivity index (χ3v) is 4.50. The molecule has 1 saturated heterocycles. The van der Waals surface area contributed by atoms with Crippen LogP contribution in [-0.2, 0) is 11.2 Å². The standard InChI is InChI=1S/C14H17N3OS/c15-14(18)9-10-8-11-12(2-1-3-13(11)19-10)17-6-4-16-5-7-17/h1-3,8,16H,4-7,9H2,(H2,15,18). The van der Waals surface area contributed by atoms with Gasteiger partial charge in [-0.05, 0) is 18.2 Å². The molecule has 3 rings (SSSR count). The predicted molar refractivity (Wildman–Crippen MR) is 79.8 cm³/mol. The van der Waals surface area contributed by atoms with E-state index in [1.54, 1.807) is 11.3 Å². The van der Waals surface area contributed by atoms with E-state index in [0.717, 1.165) is 31.1 Å². The molecule has 100 valence electrons. The lowest BCUT2D eigenvalue weighted by Crippen LogP contribution is -2.43. The van der Waals surface area contributed by atoms with Gasteiger partial charge in [0.25, 0.3) is 0 Å². The number of primary amides is 1. The van der Waals surface area contributed by atoms with Gasteiger partial charge < -0.3 is 16.0 Å². The fourth-order valence-corrected chi connectivity index (χ4v) is 3.63. The Hall–Kier alpha value is -1.59. The highest BCUT2D eigenvalue weighted by molar-refractivity contribution is 7.19. The Morgan fingerprint density at radius 1 is 1.37 bits per heavy atom. The van der Waals surface area contributed by atoms with Gasteiger partial charge in [-0.15, -0.1) is 11.3 Å². The molecule has 0 unspecified atom stereocenters. The van der Waals surface area contributed by atoms with Gasteiger partial charge in [0.1, 0.15) is 0 Å². The average Bonchev–Trinajstić information content (AvgIpc) is 2.80. The van der Waals surface area contributed by atoms with Crippen molar-refractivity contribution in [3.05, 3.63) is 29.1 Å². The first-order valence-electron chi connectivity index (χ1n) is 6.49. The van der Waals surface area contributed by atoms with Crippen LogP contribution in [0.2, 0.25) is 0 Å². The van der Waals surface area contributed by atoms with Crippen molar-refractivity contribution >= 4 is 33.0 Å². The van der Waals surface area contributed by atoms with Crippen LogP contribution in [0, 0.1) is 0 Å². The predicted octanol–water partition coefficient (Wildman–Crippen LogP) is 1.34. The molecule has 0 bridgehead atoms. The van der Waals surface area contributed by atoms with E-state index in [0.29, 0.717) is 6.42 Å². The Morgan fingerprint density at radius 3 is 2.89 bits per heavy atom. The van der Waals surface area contributed by atoms with Crippen LogP contribution < -0.4 is 16.0 Å². The Kier molecular flexibility index (Phi) is 3.40. The Morgan fingerprint density at radius 2 is 2.16 bits per heavy atom. The molecule has 1 amide bonds. The van der Waals surface area contributed by atoms with E-state index in [1.165, 1.54) is 15.8 Å². The zero-order valence-electron chi connectivity index (χ0n) is 10.7. The number of carbonyl (C=O) groups is 1. The summed E-state index contributed by atoms with van der Waals surface area (Å²) in [6.45, 7) is 4.10. The van der Waals surface area contributed by atoms with Crippen molar-refractivity contribution in [1.29, 1.82) is 0 Å². The van der Waals surface area contributed by atoms with Crippen LogP contribution in [0.3, 0.4) is 0 Å². The van der Waals surface area contributed by atoms with E-state index in [4.69, 9.17) is 5.73 Å². The second-order valence-corrected chi connectivity index (χ2v) is 5.95. The summed E-state index contributed by atoms with van der Waals surface area (Å²) >= 11 is 1.66. The lowest BCUT2D eigenvalue weighted by Gasteiger charge is -2.30. The van der Waals surface area contributed by atoms with Crippen LogP contribution in [0.5, 0.6) is 0 Å². The topological polar surface area (TPSA) is 58.4 Å². The molecule has 1 aromatic heterocycles. The molecule has 1 aliphatic heterocycles. The smallest absolute Gasteiger partial charge is 0.222 e. The first kappa shape index (κ1) is 12.4. The summed E-state index contributed by atoms with van der Waals surface area (Å²) in [5.74, 6) is -0.268. The molecule has 2 heterocycles. The largest absolute Gasteiger partial charge is 0.369 e. The number of hydrogen-bond acceptors (Lipinski definition) is 4. The lowest BCUT2D eigenvalue weighted by molar-refractivity contribution is -0.117. The van der Waals surface area contributed by atoms with Crippen molar-refractivity contribution in [3.63, 3.8) is 0 Å². The number of thiophene rings is 1. The molecule has 0 atom stereocenters. The van der Waals surface area contributed by atoms with Gasteiger partial charge in [0.2, 0.25) is 5.91 Å². The summed E-state index contributed by atoms with van der Waals surface area (Å²) in [6.07, 6.45) is 0.334. The number of amides is 1. The highest BCUT2D eigenvalue weighted by Crippen LogP contribution is 2.33. The van der Waals surface area contributed by atoms with Gasteiger partial charge in [-0.1, -0.05) is 6.07 Å². The minimum Gasteiger partial charge on any atom is -0.369 e. The van der Waals surface area contributed by atoms with Crippen molar-refractivity contribution in [2.45, 2.75) is 6.42 Å². The van der Waals surface area contributed by atoms with Crippen molar-refractivity contribution in [2.75, 3.05) is 31.1 Å². The quantitative estimate of drug-likeness (QED) is 0.888. The summed E-state index contributed by atoms with van der Waals surface area (Å²) in [7, 11) is 0. The first-order valence-corrected chi connectivity index (χ1v) is 7.31. The fraction of sp³-hybridized carbons (Fsp3) is 0.357. The van der Waals surface area contributed by atoms with E-state index >= 15 is 0 Å². The number of piperazine rings is 1. The molecule has 4 nitrogen and oxygen atoms in total. The highest BCUT2D eigenvalue weighted by Gasteiger charge is 2.15. The number of nitrogens with zero attached hydrogens (tertiary/aromatic N) is 1. The molecular weight excluding hydrogens is 258 g/mol. The van der Waals surface area contributed by atoms with Crippen molar-refractivity contribution in [2.24, 2.45) is 5.73 Å². The number of hydrogen-bond donors (Lipinski definition) is 2. The summed E-state index contributed by atoms with van der Waals surface area (Å²) < 4.78 is 1.23. The molecule has 2 aromatic rings. The maximum atomic E-state index is 11.0. The maximum Gasteiger partial charge on any atom is 0.222 e. The second-order valence-electron chi connectivity index (χ2n) is 4.78. The average molecular weight is 275 g/mol. The van der Waals surface area contributed by atoms with Crippen LogP contribution in [0.1, 0.15) is 4.88 Å². The molecule has 0 spiro atoms. The number of benzene rings is 1. The van der Waals surface area contributed by atoms with Gasteiger partial charge in [0, 0.05) is 46.8 Å². The monoisotopic (exact) mass is 275 g/mol. The first-order chi connectivity index (χ1) is 9.24. The SMILES string of the molecule is NC(=O)Cc1cc2c(N3CCNCC3)cccc2s1. The van der Waals surface area contributed by atoms with Crippen molar-refractivity contribution in [1.82, 2.24) is 5.32 Å². The van der Waals surface area contributed by atoms with E-state index in [1.807, 2.05) is 0 Å². The Bertz CT molecular complexity index is 602. The summed E-state index contributed by atoms with van der Waals surface area (Å²) in [5, 5.41) is 4.60. The molecule has 3 N–H and O–H groups in total. The molecule has 19 heavy (non-hydrogen) atoms. The number of fused-ring (bicyclic) bond motifs is 1. The maximum absolute atomic E-state index is 11.0. The highest BCUT2D eigenvalue weighted by atomic mass is 32.1. The third-order valence-electron chi connectivity index (χ3n) is 3.40. The molecule has 5 heteroatoms. The number of anilines is 1. The van der Waals surface area contributed by atoms with E-state index < -0.39 is 0 Å². The lowest BCUT2D eigenvalue weighted by atomic mass is 10.1. The zero-order valence-corrected chi connectivity index (χ0v) is 11.5. The zero-order chi connectivity index (χ0) is 13.2. The minimum atomic E-state index is -0.268. The van der Waals surface area contributed by atoms with Gasteiger partial charge in [-0.2, -0.15) is 0 Å². The Labute approximate surface area is 116 Å². The van der Waals surface area contributed by atoms with Gasteiger partial charge in [0.15, 0.2) is 0 Å². The third kappa shape index (κ3) is 2.57. The summed E-state index contributed by atoms with van der Waals surface area (Å²) in [6, 6.07) is 8.47. The van der Waals surface area contributed by atoms with Crippen LogP contribution in [0.15, 0.2) is 24.3 Å². The van der Waals surface area contributed by atoms with Crippen LogP contribution >= 0.6 is 11.3 Å². The van der Waals surface area contributed by atoms with Crippen LogP contribution in [0.25, 0.3) is 10.1 Å². The summed E-state index contributed by atoms with van der Waals surface area (Å²) in [5.41, 5.74) is 6.55. The van der Waals surface area contributed by atoms with E-state index in [2.05, 4.69) is 34.5 Å². The second kappa shape index (κ2) is 5.19. The van der Waals surface area contributed by atoms with Gasteiger partial charge >= 0.3 is 0 Å². The van der Waals surface area contributed by atoms with Crippen molar-refractivity contribution < 1.29 is 4.79 Å². The van der Waals surface area contributed by atoms with E-state index in [9.17, 15) is 4.79 Å². The number of rotatable bonds is 3. The van der Waals surface area contributed by atoms with E-state index in [-0.39, 0.29) is 5.91 Å². The van der Waals surface area contributed by atoms with Crippen LogP contribution in [-0.4, -0.2) is 32.1 Å². The fourth-order valence-electron chi connectivity index (χ4n) is 2.54. The number of nitrogens with two attached hydrogens (primary N) is 1. The van der Waals surface area contributed by atoms with Gasteiger partial charge in [0.05, 0.1) is 6.42 Å². The molecule has 0 radical (unpaired) electrons.